The van der Waals surface area contributed by atoms with Crippen LogP contribution in [0.2, 0.25) is 0 Å². The number of hydrogen-bond acceptors (Lipinski definition) is 2. The molecule has 0 atom stereocenters. The highest BCUT2D eigenvalue weighted by Crippen LogP contribution is 2.26. The summed E-state index contributed by atoms with van der Waals surface area (Å²) in [4.78, 5) is 0. The fraction of sp³-hybridized carbons (Fsp3) is 0.600. The van der Waals surface area contributed by atoms with Crippen LogP contribution in [0.25, 0.3) is 0 Å². The summed E-state index contributed by atoms with van der Waals surface area (Å²) in [7, 11) is 1.70. The summed E-state index contributed by atoms with van der Waals surface area (Å²) >= 11 is 9.51. The van der Waals surface area contributed by atoms with E-state index >= 15 is 0 Å². The number of benzene rings is 1. The topological polar surface area (TPSA) is 21.3 Å². The maximum Gasteiger partial charge on any atom is 0.119 e. The molecular formula is C15H21BrClNO. The van der Waals surface area contributed by atoms with Crippen molar-refractivity contribution in [1.29, 1.82) is 0 Å². The average Bonchev–Trinajstić information content (AvgIpc) is 2.47. The molecule has 1 saturated carbocycles. The smallest absolute Gasteiger partial charge is 0.119 e. The lowest BCUT2D eigenvalue weighted by molar-refractivity contribution is 0.308. The molecule has 0 unspecified atom stereocenters. The van der Waals surface area contributed by atoms with Gasteiger partial charge in [0.15, 0.2) is 0 Å². The number of alkyl halides is 1. The molecule has 2 rings (SSSR count). The summed E-state index contributed by atoms with van der Waals surface area (Å²) in [5, 5.41) is 3.65. The number of rotatable bonds is 5. The van der Waals surface area contributed by atoms with Gasteiger partial charge in [0, 0.05) is 22.9 Å². The zero-order chi connectivity index (χ0) is 13.7. The molecule has 0 aliphatic heterocycles. The van der Waals surface area contributed by atoms with Crippen LogP contribution in [-0.4, -0.2) is 19.0 Å². The van der Waals surface area contributed by atoms with Gasteiger partial charge in [-0.25, -0.2) is 0 Å². The number of halogens is 2. The van der Waals surface area contributed by atoms with Crippen molar-refractivity contribution in [3.63, 3.8) is 0 Å². The molecule has 0 saturated heterocycles. The van der Waals surface area contributed by atoms with Gasteiger partial charge in [-0.2, -0.15) is 0 Å². The van der Waals surface area contributed by atoms with Crippen molar-refractivity contribution < 1.29 is 4.74 Å². The second kappa shape index (κ2) is 7.51. The lowest BCUT2D eigenvalue weighted by Gasteiger charge is -2.28. The third-order valence-electron chi connectivity index (χ3n) is 3.90. The highest BCUT2D eigenvalue weighted by atomic mass is 79.9. The number of methoxy groups -OCH3 is 1. The summed E-state index contributed by atoms with van der Waals surface area (Å²) in [6, 6.07) is 6.72. The normalized spacial score (nSPS) is 23.3. The van der Waals surface area contributed by atoms with Gasteiger partial charge < -0.3 is 10.1 Å². The third-order valence-corrected chi connectivity index (χ3v) is 5.11. The highest BCUT2D eigenvalue weighted by molar-refractivity contribution is 9.10. The fourth-order valence-corrected chi connectivity index (χ4v) is 3.28. The van der Waals surface area contributed by atoms with E-state index in [-0.39, 0.29) is 0 Å². The van der Waals surface area contributed by atoms with Crippen molar-refractivity contribution in [2.24, 2.45) is 5.92 Å². The molecule has 1 aliphatic rings. The van der Waals surface area contributed by atoms with Crippen LogP contribution in [0.1, 0.15) is 31.2 Å². The minimum Gasteiger partial charge on any atom is -0.497 e. The van der Waals surface area contributed by atoms with Gasteiger partial charge >= 0.3 is 0 Å². The van der Waals surface area contributed by atoms with Crippen LogP contribution >= 0.6 is 27.5 Å². The second-order valence-electron chi connectivity index (χ2n) is 5.21. The molecule has 4 heteroatoms. The first-order valence-electron chi connectivity index (χ1n) is 6.84. The van der Waals surface area contributed by atoms with Gasteiger partial charge in [-0.05, 0) is 55.4 Å². The Morgan fingerprint density at radius 3 is 2.68 bits per heavy atom. The van der Waals surface area contributed by atoms with Crippen LogP contribution in [0.4, 0.5) is 0 Å². The van der Waals surface area contributed by atoms with E-state index in [2.05, 4.69) is 27.3 Å². The molecule has 0 aromatic heterocycles. The van der Waals surface area contributed by atoms with E-state index in [0.717, 1.165) is 28.6 Å². The predicted molar refractivity (Wildman–Crippen MR) is 84.0 cm³/mol. The Bertz CT molecular complexity index is 405. The van der Waals surface area contributed by atoms with E-state index in [1.807, 2.05) is 12.1 Å². The molecule has 1 aromatic carbocycles. The van der Waals surface area contributed by atoms with E-state index in [1.54, 1.807) is 7.11 Å². The quantitative estimate of drug-likeness (QED) is 0.801. The largest absolute Gasteiger partial charge is 0.497 e. The molecule has 106 valence electrons. The SMILES string of the molecule is COc1ccc(Br)c(CNC2CCC(CCl)CC2)c1. The third kappa shape index (κ3) is 4.37. The first kappa shape index (κ1) is 15.1. The van der Waals surface area contributed by atoms with Gasteiger partial charge in [0.1, 0.15) is 5.75 Å². The molecular weight excluding hydrogens is 326 g/mol. The Hall–Kier alpha value is -0.250. The lowest BCUT2D eigenvalue weighted by atomic mass is 9.87. The van der Waals surface area contributed by atoms with Crippen LogP contribution in [0.5, 0.6) is 5.75 Å². The molecule has 1 aliphatic carbocycles. The molecule has 1 aromatic rings. The molecule has 1 N–H and O–H groups in total. The Balaban J connectivity index is 1.85. The minimum atomic E-state index is 0.623. The first-order valence-corrected chi connectivity index (χ1v) is 8.17. The van der Waals surface area contributed by atoms with Crippen LogP contribution in [0.15, 0.2) is 22.7 Å². The van der Waals surface area contributed by atoms with Crippen molar-refractivity contribution >= 4 is 27.5 Å². The summed E-state index contributed by atoms with van der Waals surface area (Å²) in [6.45, 7) is 0.883. The summed E-state index contributed by atoms with van der Waals surface area (Å²) < 4.78 is 6.40. The van der Waals surface area contributed by atoms with Gasteiger partial charge in [-0.3, -0.25) is 0 Å². The van der Waals surface area contributed by atoms with Crippen LogP contribution in [0, 0.1) is 5.92 Å². The lowest BCUT2D eigenvalue weighted by Crippen LogP contribution is -2.33. The van der Waals surface area contributed by atoms with Crippen LogP contribution in [-0.2, 0) is 6.54 Å². The van der Waals surface area contributed by atoms with Crippen molar-refractivity contribution in [3.8, 4) is 5.75 Å². The van der Waals surface area contributed by atoms with Crippen LogP contribution in [0.3, 0.4) is 0 Å². The Morgan fingerprint density at radius 2 is 2.05 bits per heavy atom. The zero-order valence-corrected chi connectivity index (χ0v) is 13.6. The number of nitrogens with one attached hydrogen (secondary N) is 1. The fourth-order valence-electron chi connectivity index (χ4n) is 2.59. The summed E-state index contributed by atoms with van der Waals surface area (Å²) in [6.07, 6.45) is 4.97. The monoisotopic (exact) mass is 345 g/mol. The molecule has 19 heavy (non-hydrogen) atoms. The Kier molecular flexibility index (Phi) is 5.99. The van der Waals surface area contributed by atoms with Crippen LogP contribution < -0.4 is 10.1 Å². The minimum absolute atomic E-state index is 0.623. The molecule has 0 radical (unpaired) electrons. The van der Waals surface area contributed by atoms with Crippen molar-refractivity contribution in [3.05, 3.63) is 28.2 Å². The van der Waals surface area contributed by atoms with E-state index < -0.39 is 0 Å². The average molecular weight is 347 g/mol. The summed E-state index contributed by atoms with van der Waals surface area (Å²) in [5.41, 5.74) is 1.25. The van der Waals surface area contributed by atoms with Gasteiger partial charge in [-0.15, -0.1) is 11.6 Å². The second-order valence-corrected chi connectivity index (χ2v) is 6.37. The molecule has 0 heterocycles. The molecule has 0 spiro atoms. The first-order chi connectivity index (χ1) is 9.22. The standard InChI is InChI=1S/C15H21BrClNO/c1-19-14-6-7-15(16)12(8-14)10-18-13-4-2-11(9-17)3-5-13/h6-8,11,13,18H,2-5,9-10H2,1H3. The Morgan fingerprint density at radius 1 is 1.32 bits per heavy atom. The zero-order valence-electron chi connectivity index (χ0n) is 11.3. The number of hydrogen-bond donors (Lipinski definition) is 1. The summed E-state index contributed by atoms with van der Waals surface area (Å²) in [5.74, 6) is 2.45. The van der Waals surface area contributed by atoms with Gasteiger partial charge in [0.05, 0.1) is 7.11 Å². The van der Waals surface area contributed by atoms with E-state index in [1.165, 1.54) is 31.2 Å². The van der Waals surface area contributed by atoms with E-state index in [9.17, 15) is 0 Å². The van der Waals surface area contributed by atoms with Gasteiger partial charge in [0.2, 0.25) is 0 Å². The highest BCUT2D eigenvalue weighted by Gasteiger charge is 2.20. The van der Waals surface area contributed by atoms with Crippen molar-refractivity contribution in [2.75, 3.05) is 13.0 Å². The molecule has 0 bridgehead atoms. The molecule has 0 amide bonds. The number of ether oxygens (including phenoxy) is 1. The van der Waals surface area contributed by atoms with Crippen molar-refractivity contribution in [1.82, 2.24) is 5.32 Å². The van der Waals surface area contributed by atoms with E-state index in [4.69, 9.17) is 16.3 Å². The Labute approximate surface area is 129 Å². The van der Waals surface area contributed by atoms with Gasteiger partial charge in [-0.1, -0.05) is 15.9 Å². The van der Waals surface area contributed by atoms with E-state index in [0.29, 0.717) is 6.04 Å². The van der Waals surface area contributed by atoms with Gasteiger partial charge in [0.25, 0.3) is 0 Å². The van der Waals surface area contributed by atoms with Crippen molar-refractivity contribution in [2.45, 2.75) is 38.3 Å². The maximum absolute atomic E-state index is 5.91. The molecule has 1 fully saturated rings. The molecule has 2 nitrogen and oxygen atoms in total. The predicted octanol–water partition coefficient (Wildman–Crippen LogP) is 4.34. The maximum atomic E-state index is 5.91.